The predicted octanol–water partition coefficient (Wildman–Crippen LogP) is 13.2. The van der Waals surface area contributed by atoms with Crippen LogP contribution in [0.3, 0.4) is 0 Å². The zero-order valence-corrected chi connectivity index (χ0v) is 25.8. The highest BCUT2D eigenvalue weighted by molar-refractivity contribution is 6.23. The molecule has 0 radical (unpaired) electrons. The van der Waals surface area contributed by atoms with Gasteiger partial charge >= 0.3 is 0 Å². The summed E-state index contributed by atoms with van der Waals surface area (Å²) in [5.74, 6) is 0.447. The fourth-order valence-electron chi connectivity index (χ4n) is 7.28. The first-order valence-corrected chi connectivity index (χ1v) is 16.0. The minimum atomic E-state index is 0.447. The Morgan fingerprint density at radius 2 is 1.13 bits per heavy atom. The third-order valence-electron chi connectivity index (χ3n) is 9.57. The van der Waals surface area contributed by atoms with E-state index in [1.54, 1.807) is 0 Å². The lowest BCUT2D eigenvalue weighted by Crippen LogP contribution is -1.92. The Hall–Kier alpha value is -5.66. The molecule has 9 rings (SSSR count). The Kier molecular flexibility index (Phi) is 5.83. The Bertz CT molecular complexity index is 2620. The Balaban J connectivity index is 1.30. The third kappa shape index (κ3) is 4.16. The SMILES string of the molecule is [2H]c1ccc2cc(-c3ccccc3-c3c4ccccc4c(-c4ccc5oc6cc(C(C)C)ccc6c5c4)c4ccccc34)ccc2c1. The van der Waals surface area contributed by atoms with E-state index in [4.69, 9.17) is 5.79 Å². The molecule has 1 nitrogen and oxygen atoms in total. The van der Waals surface area contributed by atoms with Crippen LogP contribution in [0.1, 0.15) is 26.7 Å². The van der Waals surface area contributed by atoms with Crippen molar-refractivity contribution in [1.82, 2.24) is 0 Å². The number of hydrogen-bond donors (Lipinski definition) is 0. The van der Waals surface area contributed by atoms with Gasteiger partial charge in [0, 0.05) is 10.8 Å². The summed E-state index contributed by atoms with van der Waals surface area (Å²) in [6, 6.07) is 52.7. The molecule has 0 saturated carbocycles. The molecule has 0 amide bonds. The molecule has 1 heteroatoms. The summed E-state index contributed by atoms with van der Waals surface area (Å²) >= 11 is 0. The van der Waals surface area contributed by atoms with Gasteiger partial charge in [0.15, 0.2) is 0 Å². The fourth-order valence-corrected chi connectivity index (χ4v) is 7.28. The van der Waals surface area contributed by atoms with Crippen LogP contribution in [0.15, 0.2) is 156 Å². The third-order valence-corrected chi connectivity index (χ3v) is 9.57. The van der Waals surface area contributed by atoms with Crippen LogP contribution in [0.2, 0.25) is 0 Å². The molecule has 1 aromatic heterocycles. The van der Waals surface area contributed by atoms with Gasteiger partial charge in [0.25, 0.3) is 0 Å². The number of fused-ring (bicyclic) bond motifs is 6. The van der Waals surface area contributed by atoms with Crippen LogP contribution < -0.4 is 0 Å². The van der Waals surface area contributed by atoms with Gasteiger partial charge in [-0.3, -0.25) is 0 Å². The number of furan rings is 1. The lowest BCUT2D eigenvalue weighted by Gasteiger charge is -2.20. The van der Waals surface area contributed by atoms with Gasteiger partial charge in [-0.25, -0.2) is 0 Å². The van der Waals surface area contributed by atoms with Crippen LogP contribution >= 0.6 is 0 Å². The number of benzene rings is 8. The zero-order valence-electron chi connectivity index (χ0n) is 26.8. The van der Waals surface area contributed by atoms with Gasteiger partial charge in [0.2, 0.25) is 0 Å². The molecule has 0 N–H and O–H groups in total. The highest BCUT2D eigenvalue weighted by atomic mass is 16.3. The van der Waals surface area contributed by atoms with Crippen molar-refractivity contribution in [2.75, 3.05) is 0 Å². The lowest BCUT2D eigenvalue weighted by molar-refractivity contribution is 0.667. The summed E-state index contributed by atoms with van der Waals surface area (Å²) < 4.78 is 14.4. The second-order valence-corrected chi connectivity index (χ2v) is 12.6. The highest BCUT2D eigenvalue weighted by Crippen LogP contribution is 2.47. The van der Waals surface area contributed by atoms with Crippen molar-refractivity contribution in [3.63, 3.8) is 0 Å². The van der Waals surface area contributed by atoms with Crippen molar-refractivity contribution in [3.05, 3.63) is 157 Å². The Labute approximate surface area is 269 Å². The van der Waals surface area contributed by atoms with Crippen LogP contribution in [-0.4, -0.2) is 0 Å². The van der Waals surface area contributed by atoms with Gasteiger partial charge in [0.05, 0.1) is 1.37 Å². The molecule has 9 aromatic rings. The molecule has 0 fully saturated rings. The van der Waals surface area contributed by atoms with Gasteiger partial charge in [-0.1, -0.05) is 141 Å². The van der Waals surface area contributed by atoms with Gasteiger partial charge in [0.1, 0.15) is 11.2 Å². The minimum absolute atomic E-state index is 0.447. The van der Waals surface area contributed by atoms with E-state index < -0.39 is 0 Å². The monoisotopic (exact) mass is 589 g/mol. The number of rotatable bonds is 4. The van der Waals surface area contributed by atoms with Gasteiger partial charge in [-0.15, -0.1) is 0 Å². The molecule has 0 aliphatic heterocycles. The quantitative estimate of drug-likeness (QED) is 0.186. The van der Waals surface area contributed by atoms with Crippen molar-refractivity contribution in [3.8, 4) is 33.4 Å². The van der Waals surface area contributed by atoms with Crippen molar-refractivity contribution >= 4 is 54.3 Å². The van der Waals surface area contributed by atoms with Gasteiger partial charge in [-0.05, 0) is 101 Å². The van der Waals surface area contributed by atoms with E-state index in [0.29, 0.717) is 12.0 Å². The largest absolute Gasteiger partial charge is 0.456 e. The van der Waals surface area contributed by atoms with Crippen molar-refractivity contribution in [1.29, 1.82) is 0 Å². The smallest absolute Gasteiger partial charge is 0.135 e. The van der Waals surface area contributed by atoms with E-state index >= 15 is 0 Å². The molecule has 46 heavy (non-hydrogen) atoms. The summed E-state index contributed by atoms with van der Waals surface area (Å²) in [6.45, 7) is 4.44. The molecule has 1 heterocycles. The molecule has 0 aliphatic rings. The van der Waals surface area contributed by atoms with Crippen molar-refractivity contribution in [2.24, 2.45) is 0 Å². The van der Waals surface area contributed by atoms with E-state index in [2.05, 4.69) is 141 Å². The van der Waals surface area contributed by atoms with Gasteiger partial charge in [-0.2, -0.15) is 0 Å². The second kappa shape index (κ2) is 10.5. The minimum Gasteiger partial charge on any atom is -0.456 e. The first kappa shape index (κ1) is 25.6. The van der Waals surface area contributed by atoms with Crippen molar-refractivity contribution < 1.29 is 5.79 Å². The maximum Gasteiger partial charge on any atom is 0.135 e. The number of hydrogen-bond acceptors (Lipinski definition) is 1. The normalized spacial score (nSPS) is 12.2. The molecular weight excluding hydrogens is 556 g/mol. The molecule has 0 aliphatic carbocycles. The Morgan fingerprint density at radius 3 is 1.87 bits per heavy atom. The highest BCUT2D eigenvalue weighted by Gasteiger charge is 2.20. The summed E-state index contributed by atoms with van der Waals surface area (Å²) in [4.78, 5) is 0. The molecule has 0 spiro atoms. The molecular formula is C45H32O. The summed E-state index contributed by atoms with van der Waals surface area (Å²) in [5, 5.41) is 9.43. The summed E-state index contributed by atoms with van der Waals surface area (Å²) in [5.41, 5.74) is 10.4. The van der Waals surface area contributed by atoms with Crippen LogP contribution in [0.25, 0.3) is 87.6 Å². The molecule has 0 unspecified atom stereocenters. The predicted molar refractivity (Wildman–Crippen MR) is 197 cm³/mol. The zero-order chi connectivity index (χ0) is 31.6. The van der Waals surface area contributed by atoms with E-state index in [1.807, 2.05) is 18.2 Å². The molecule has 0 bridgehead atoms. The maximum absolute atomic E-state index is 8.06. The van der Waals surface area contributed by atoms with E-state index in [-0.39, 0.29) is 0 Å². The molecule has 218 valence electrons. The topological polar surface area (TPSA) is 13.1 Å². The van der Waals surface area contributed by atoms with E-state index in [1.165, 1.54) is 60.5 Å². The Morgan fingerprint density at radius 1 is 0.457 bits per heavy atom. The van der Waals surface area contributed by atoms with Crippen LogP contribution in [-0.2, 0) is 0 Å². The van der Waals surface area contributed by atoms with Gasteiger partial charge < -0.3 is 4.42 Å². The van der Waals surface area contributed by atoms with E-state index in [0.717, 1.165) is 32.7 Å². The van der Waals surface area contributed by atoms with Crippen molar-refractivity contribution in [2.45, 2.75) is 19.8 Å². The lowest BCUT2D eigenvalue weighted by atomic mass is 9.83. The molecule has 8 aromatic carbocycles. The first-order chi connectivity index (χ1) is 23.0. The fraction of sp³-hybridized carbons (Fsp3) is 0.0667. The van der Waals surface area contributed by atoms with Crippen LogP contribution in [0.5, 0.6) is 0 Å². The molecule has 0 saturated heterocycles. The standard InChI is InChI=1S/C45H32O/c1-28(2)30-21-23-35-41-26-33(22-24-42(41)46-43(35)27-30)44-37-15-7-9-17-39(37)45(40-18-10-8-16-38(40)44)36-14-6-5-13-34(36)32-20-19-29-11-3-4-12-31(29)25-32/h3-28H,1-2H3/i3D. The molecule has 0 atom stereocenters. The van der Waals surface area contributed by atoms with Crippen LogP contribution in [0.4, 0.5) is 0 Å². The summed E-state index contributed by atoms with van der Waals surface area (Å²) in [6.07, 6.45) is 0. The van der Waals surface area contributed by atoms with E-state index in [9.17, 15) is 0 Å². The summed E-state index contributed by atoms with van der Waals surface area (Å²) in [7, 11) is 0. The van der Waals surface area contributed by atoms with Crippen LogP contribution in [0, 0.1) is 0 Å². The maximum atomic E-state index is 8.06. The second-order valence-electron chi connectivity index (χ2n) is 12.6. The average molecular weight is 590 g/mol. The average Bonchev–Trinajstić information content (AvgIpc) is 3.47. The first-order valence-electron chi connectivity index (χ1n) is 16.5.